The smallest absolute Gasteiger partial charge is 0.254 e. The maximum absolute atomic E-state index is 13.7. The Morgan fingerprint density at radius 1 is 0.949 bits per heavy atom. The number of rotatable bonds is 11. The van der Waals surface area contributed by atoms with Crippen molar-refractivity contribution in [3.8, 4) is 11.5 Å². The Kier molecular flexibility index (Phi) is 9.57. The van der Waals surface area contributed by atoms with Crippen molar-refractivity contribution < 1.29 is 19.1 Å². The Labute approximate surface area is 230 Å². The summed E-state index contributed by atoms with van der Waals surface area (Å²) in [5.74, 6) is 1.01. The predicted octanol–water partition coefficient (Wildman–Crippen LogP) is 3.37. The highest BCUT2D eigenvalue weighted by molar-refractivity contribution is 5.98. The number of benzene rings is 3. The molecule has 0 aliphatic carbocycles. The molecule has 2 amide bonds. The Morgan fingerprint density at radius 2 is 1.62 bits per heavy atom. The van der Waals surface area contributed by atoms with Gasteiger partial charge in [-0.05, 0) is 54.8 Å². The molecule has 2 atom stereocenters. The fourth-order valence-electron chi connectivity index (χ4n) is 5.03. The summed E-state index contributed by atoms with van der Waals surface area (Å²) in [4.78, 5) is 31.0. The summed E-state index contributed by atoms with van der Waals surface area (Å²) >= 11 is 0. The fraction of sp³-hybridized carbons (Fsp3) is 0.355. The summed E-state index contributed by atoms with van der Waals surface area (Å²) in [6.45, 7) is 4.52. The molecule has 1 heterocycles. The maximum atomic E-state index is 13.7. The summed E-state index contributed by atoms with van der Waals surface area (Å²) in [6, 6.07) is 22.9. The number of methoxy groups -OCH3 is 2. The molecule has 3 aromatic rings. The highest BCUT2D eigenvalue weighted by Crippen LogP contribution is 2.29. The van der Waals surface area contributed by atoms with Gasteiger partial charge in [0.15, 0.2) is 0 Å². The van der Waals surface area contributed by atoms with Gasteiger partial charge in [0.1, 0.15) is 17.5 Å². The third-order valence-electron chi connectivity index (χ3n) is 7.15. The second-order valence-electron chi connectivity index (χ2n) is 9.92. The van der Waals surface area contributed by atoms with E-state index in [1.165, 1.54) is 11.1 Å². The second kappa shape index (κ2) is 13.3. The molecule has 1 aliphatic rings. The summed E-state index contributed by atoms with van der Waals surface area (Å²) < 4.78 is 10.8. The van der Waals surface area contributed by atoms with E-state index >= 15 is 0 Å². The molecule has 0 radical (unpaired) electrons. The van der Waals surface area contributed by atoms with Crippen LogP contribution in [0.3, 0.4) is 0 Å². The van der Waals surface area contributed by atoms with Crippen LogP contribution in [-0.2, 0) is 17.9 Å². The van der Waals surface area contributed by atoms with Crippen LogP contribution in [0.2, 0.25) is 0 Å². The van der Waals surface area contributed by atoms with Crippen LogP contribution in [0.5, 0.6) is 11.5 Å². The number of nitrogens with zero attached hydrogens (tertiary/aromatic N) is 2. The SMILES string of the molecule is COc1cccc(CN(Cc2ccc(C)cc2)C2CC(C(=O)NCCN)N(C(=O)c3cccc(OC)c3)C2)c1. The monoisotopic (exact) mass is 530 g/mol. The first-order valence-electron chi connectivity index (χ1n) is 13.3. The summed E-state index contributed by atoms with van der Waals surface area (Å²) in [5.41, 5.74) is 9.61. The van der Waals surface area contributed by atoms with Crippen LogP contribution >= 0.6 is 0 Å². The minimum atomic E-state index is -0.605. The van der Waals surface area contributed by atoms with Gasteiger partial charge in [0.2, 0.25) is 5.91 Å². The molecule has 0 aromatic heterocycles. The Hall–Kier alpha value is -3.88. The second-order valence-corrected chi connectivity index (χ2v) is 9.92. The van der Waals surface area contributed by atoms with Crippen molar-refractivity contribution in [2.24, 2.45) is 5.73 Å². The lowest BCUT2D eigenvalue weighted by atomic mass is 10.1. The molecule has 8 heteroatoms. The highest BCUT2D eigenvalue weighted by Gasteiger charge is 2.42. The normalized spacial score (nSPS) is 16.8. The molecule has 2 unspecified atom stereocenters. The van der Waals surface area contributed by atoms with Gasteiger partial charge >= 0.3 is 0 Å². The van der Waals surface area contributed by atoms with Crippen LogP contribution < -0.4 is 20.5 Å². The number of carbonyl (C=O) groups excluding carboxylic acids is 2. The van der Waals surface area contributed by atoms with E-state index in [1.54, 1.807) is 43.4 Å². The number of amides is 2. The van der Waals surface area contributed by atoms with Crippen LogP contribution in [0.15, 0.2) is 72.8 Å². The first-order chi connectivity index (χ1) is 18.9. The zero-order valence-electron chi connectivity index (χ0n) is 22.9. The number of hydrogen-bond donors (Lipinski definition) is 2. The van der Waals surface area contributed by atoms with Crippen molar-refractivity contribution in [2.75, 3.05) is 33.9 Å². The quantitative estimate of drug-likeness (QED) is 0.395. The van der Waals surface area contributed by atoms with E-state index in [-0.39, 0.29) is 17.9 Å². The number of nitrogens with one attached hydrogen (secondary N) is 1. The number of likely N-dealkylation sites (tertiary alicyclic amines) is 1. The van der Waals surface area contributed by atoms with Crippen molar-refractivity contribution in [2.45, 2.75) is 38.5 Å². The van der Waals surface area contributed by atoms with E-state index < -0.39 is 6.04 Å². The van der Waals surface area contributed by atoms with Gasteiger partial charge in [0, 0.05) is 44.3 Å². The van der Waals surface area contributed by atoms with Crippen molar-refractivity contribution in [1.82, 2.24) is 15.1 Å². The van der Waals surface area contributed by atoms with Crippen molar-refractivity contribution in [1.29, 1.82) is 0 Å². The maximum Gasteiger partial charge on any atom is 0.254 e. The minimum absolute atomic E-state index is 0.0410. The van der Waals surface area contributed by atoms with Crippen LogP contribution in [0.4, 0.5) is 0 Å². The number of aryl methyl sites for hydroxylation is 1. The van der Waals surface area contributed by atoms with Gasteiger partial charge in [-0.3, -0.25) is 14.5 Å². The lowest BCUT2D eigenvalue weighted by Crippen LogP contribution is -2.47. The Morgan fingerprint density at radius 3 is 2.31 bits per heavy atom. The highest BCUT2D eigenvalue weighted by atomic mass is 16.5. The van der Waals surface area contributed by atoms with Gasteiger partial charge in [-0.15, -0.1) is 0 Å². The van der Waals surface area contributed by atoms with Gasteiger partial charge in [-0.25, -0.2) is 0 Å². The number of carbonyl (C=O) groups is 2. The number of ether oxygens (including phenoxy) is 2. The molecule has 3 aromatic carbocycles. The van der Waals surface area contributed by atoms with Crippen LogP contribution in [-0.4, -0.2) is 67.6 Å². The molecule has 3 N–H and O–H groups in total. The van der Waals surface area contributed by atoms with E-state index in [0.29, 0.717) is 50.5 Å². The predicted molar refractivity (Wildman–Crippen MR) is 152 cm³/mol. The largest absolute Gasteiger partial charge is 0.497 e. The van der Waals surface area contributed by atoms with Gasteiger partial charge in [0.25, 0.3) is 5.91 Å². The molecule has 4 rings (SSSR count). The molecular weight excluding hydrogens is 492 g/mol. The molecule has 8 nitrogen and oxygen atoms in total. The lowest BCUT2D eigenvalue weighted by molar-refractivity contribution is -0.124. The number of hydrogen-bond acceptors (Lipinski definition) is 6. The summed E-state index contributed by atoms with van der Waals surface area (Å²) in [6.07, 6.45) is 0.516. The van der Waals surface area contributed by atoms with Gasteiger partial charge in [-0.2, -0.15) is 0 Å². The first kappa shape index (κ1) is 28.1. The molecule has 39 heavy (non-hydrogen) atoms. The molecule has 0 saturated carbocycles. The third kappa shape index (κ3) is 7.16. The lowest BCUT2D eigenvalue weighted by Gasteiger charge is -2.29. The van der Waals surface area contributed by atoms with Crippen LogP contribution in [0.1, 0.15) is 33.5 Å². The van der Waals surface area contributed by atoms with Crippen molar-refractivity contribution in [3.05, 3.63) is 95.1 Å². The minimum Gasteiger partial charge on any atom is -0.497 e. The third-order valence-corrected chi connectivity index (χ3v) is 7.15. The number of nitrogens with two attached hydrogens (primary N) is 1. The van der Waals surface area contributed by atoms with E-state index in [1.807, 2.05) is 18.2 Å². The zero-order valence-corrected chi connectivity index (χ0v) is 22.9. The van der Waals surface area contributed by atoms with Gasteiger partial charge in [0.05, 0.1) is 14.2 Å². The molecule has 0 spiro atoms. The average molecular weight is 531 g/mol. The Balaban J connectivity index is 1.64. The topological polar surface area (TPSA) is 97.1 Å². The average Bonchev–Trinajstić information content (AvgIpc) is 3.42. The van der Waals surface area contributed by atoms with Crippen LogP contribution in [0, 0.1) is 6.92 Å². The first-order valence-corrected chi connectivity index (χ1v) is 13.3. The molecule has 206 valence electrons. The van der Waals surface area contributed by atoms with E-state index in [0.717, 1.165) is 11.3 Å². The molecule has 0 bridgehead atoms. The standard InChI is InChI=1S/C31H38N4O4/c1-22-10-12-23(13-11-22)19-34(20-24-6-4-8-27(16-24)38-2)26-18-29(30(36)33-15-14-32)35(21-26)31(37)25-7-5-9-28(17-25)39-3/h4-13,16-17,26,29H,14-15,18-21,32H2,1-3H3,(H,33,36). The van der Waals surface area contributed by atoms with E-state index in [4.69, 9.17) is 15.2 Å². The Bertz CT molecular complexity index is 1260. The molecular formula is C31H38N4O4. The van der Waals surface area contributed by atoms with Crippen molar-refractivity contribution in [3.63, 3.8) is 0 Å². The van der Waals surface area contributed by atoms with Crippen LogP contribution in [0.25, 0.3) is 0 Å². The zero-order chi connectivity index (χ0) is 27.8. The van der Waals surface area contributed by atoms with Gasteiger partial charge < -0.3 is 25.4 Å². The van der Waals surface area contributed by atoms with E-state index in [2.05, 4.69) is 47.5 Å². The summed E-state index contributed by atoms with van der Waals surface area (Å²) in [5, 5.41) is 2.90. The molecule has 1 saturated heterocycles. The molecule has 1 fully saturated rings. The summed E-state index contributed by atoms with van der Waals surface area (Å²) in [7, 11) is 3.23. The van der Waals surface area contributed by atoms with Crippen molar-refractivity contribution >= 4 is 11.8 Å². The molecule has 1 aliphatic heterocycles. The van der Waals surface area contributed by atoms with E-state index in [9.17, 15) is 9.59 Å². The van der Waals surface area contributed by atoms with Gasteiger partial charge in [-0.1, -0.05) is 48.0 Å². The fourth-order valence-corrected chi connectivity index (χ4v) is 5.03.